The Kier molecular flexibility index (Phi) is 6.29. The standard InChI is InChI=1S/C26H21ClFN5O2/c27-19-8-9-23(28)21(15-19)25(34)31-11-13-32(14-12-31)26(35)22-17-33(20-6-2-1-3-7-20)30-24(22)18-5-4-10-29-16-18/h1-10,15-17H,11-14H2. The number of rotatable bonds is 4. The number of amides is 2. The molecule has 0 unspecified atom stereocenters. The van der Waals surface area contributed by atoms with E-state index in [-0.39, 0.29) is 24.6 Å². The van der Waals surface area contributed by atoms with Gasteiger partial charge in [0.15, 0.2) is 0 Å². The first-order chi connectivity index (χ1) is 17.0. The van der Waals surface area contributed by atoms with E-state index in [0.29, 0.717) is 29.4 Å². The summed E-state index contributed by atoms with van der Waals surface area (Å²) in [5.41, 5.74) is 2.47. The summed E-state index contributed by atoms with van der Waals surface area (Å²) in [6.45, 7) is 1.20. The number of carbonyl (C=O) groups excluding carboxylic acids is 2. The summed E-state index contributed by atoms with van der Waals surface area (Å²) < 4.78 is 15.8. The molecule has 4 aromatic rings. The lowest BCUT2D eigenvalue weighted by Gasteiger charge is -2.34. The van der Waals surface area contributed by atoms with E-state index >= 15 is 0 Å². The van der Waals surface area contributed by atoms with E-state index < -0.39 is 11.7 Å². The van der Waals surface area contributed by atoms with E-state index in [9.17, 15) is 14.0 Å². The highest BCUT2D eigenvalue weighted by Gasteiger charge is 2.29. The van der Waals surface area contributed by atoms with Crippen molar-refractivity contribution in [1.82, 2.24) is 24.6 Å². The fourth-order valence-corrected chi connectivity index (χ4v) is 4.25. The monoisotopic (exact) mass is 489 g/mol. The van der Waals surface area contributed by atoms with Gasteiger partial charge in [0, 0.05) is 55.4 Å². The molecule has 0 saturated carbocycles. The number of halogens is 2. The summed E-state index contributed by atoms with van der Waals surface area (Å²) in [7, 11) is 0. The van der Waals surface area contributed by atoms with Crippen molar-refractivity contribution in [1.29, 1.82) is 0 Å². The van der Waals surface area contributed by atoms with Gasteiger partial charge in [-0.3, -0.25) is 14.6 Å². The van der Waals surface area contributed by atoms with E-state index in [0.717, 1.165) is 11.3 Å². The fraction of sp³-hybridized carbons (Fsp3) is 0.154. The largest absolute Gasteiger partial charge is 0.335 e. The summed E-state index contributed by atoms with van der Waals surface area (Å²) in [6, 6.07) is 17.1. The first-order valence-electron chi connectivity index (χ1n) is 11.1. The van der Waals surface area contributed by atoms with Crippen molar-refractivity contribution >= 4 is 23.4 Å². The number of para-hydroxylation sites is 1. The Balaban J connectivity index is 1.38. The summed E-state index contributed by atoms with van der Waals surface area (Å²) in [5, 5.41) is 4.97. The van der Waals surface area contributed by atoms with Crippen molar-refractivity contribution in [3.8, 4) is 16.9 Å². The molecule has 0 atom stereocenters. The lowest BCUT2D eigenvalue weighted by Crippen LogP contribution is -2.50. The van der Waals surface area contributed by atoms with Crippen LogP contribution in [0.4, 0.5) is 4.39 Å². The van der Waals surface area contributed by atoms with Gasteiger partial charge in [-0.1, -0.05) is 29.8 Å². The zero-order valence-electron chi connectivity index (χ0n) is 18.6. The minimum Gasteiger partial charge on any atom is -0.335 e. The van der Waals surface area contributed by atoms with E-state index in [2.05, 4.69) is 10.1 Å². The van der Waals surface area contributed by atoms with E-state index in [1.165, 1.54) is 23.1 Å². The minimum absolute atomic E-state index is 0.0692. The van der Waals surface area contributed by atoms with Gasteiger partial charge >= 0.3 is 0 Å². The van der Waals surface area contributed by atoms with Crippen LogP contribution in [0.1, 0.15) is 20.7 Å². The van der Waals surface area contributed by atoms with Gasteiger partial charge < -0.3 is 9.80 Å². The molecule has 1 aliphatic heterocycles. The highest BCUT2D eigenvalue weighted by Crippen LogP contribution is 2.25. The van der Waals surface area contributed by atoms with Crippen LogP contribution in [-0.2, 0) is 0 Å². The van der Waals surface area contributed by atoms with Crippen molar-refractivity contribution in [3.63, 3.8) is 0 Å². The van der Waals surface area contributed by atoms with E-state index in [1.807, 2.05) is 36.4 Å². The van der Waals surface area contributed by atoms with Crippen molar-refractivity contribution in [3.05, 3.63) is 101 Å². The third-order valence-electron chi connectivity index (χ3n) is 5.91. The van der Waals surface area contributed by atoms with Crippen LogP contribution in [0.5, 0.6) is 0 Å². The van der Waals surface area contributed by atoms with Gasteiger partial charge in [-0.05, 0) is 42.5 Å². The molecule has 1 aliphatic rings. The SMILES string of the molecule is O=C(c1cc(Cl)ccc1F)N1CCN(C(=O)c2cn(-c3ccccc3)nc2-c2cccnc2)CC1. The van der Waals surface area contributed by atoms with Gasteiger partial charge in [0.1, 0.15) is 11.5 Å². The number of hydrogen-bond acceptors (Lipinski definition) is 4. The smallest absolute Gasteiger partial charge is 0.257 e. The highest BCUT2D eigenvalue weighted by atomic mass is 35.5. The average Bonchev–Trinajstić information content (AvgIpc) is 3.36. The van der Waals surface area contributed by atoms with Crippen LogP contribution < -0.4 is 0 Å². The summed E-state index contributed by atoms with van der Waals surface area (Å²) >= 11 is 5.94. The van der Waals surface area contributed by atoms with Gasteiger partial charge in [0.25, 0.3) is 11.8 Å². The third-order valence-corrected chi connectivity index (χ3v) is 6.15. The Morgan fingerprint density at radius 3 is 2.20 bits per heavy atom. The van der Waals surface area contributed by atoms with E-state index in [4.69, 9.17) is 11.6 Å². The number of nitrogens with zero attached hydrogens (tertiary/aromatic N) is 5. The second-order valence-electron chi connectivity index (χ2n) is 8.12. The summed E-state index contributed by atoms with van der Waals surface area (Å²) in [4.78, 5) is 33.8. The van der Waals surface area contributed by atoms with Crippen LogP contribution in [0.2, 0.25) is 5.02 Å². The molecule has 0 radical (unpaired) electrons. The number of pyridine rings is 1. The minimum atomic E-state index is -0.618. The molecular formula is C26H21ClFN5O2. The topological polar surface area (TPSA) is 71.3 Å². The molecule has 2 aromatic carbocycles. The van der Waals surface area contributed by atoms with Crippen LogP contribution >= 0.6 is 11.6 Å². The normalized spacial score (nSPS) is 13.7. The molecule has 0 aliphatic carbocycles. The molecule has 2 aromatic heterocycles. The maximum Gasteiger partial charge on any atom is 0.257 e. The zero-order chi connectivity index (χ0) is 24.4. The van der Waals surface area contributed by atoms with Crippen LogP contribution in [0.15, 0.2) is 79.3 Å². The molecule has 3 heterocycles. The number of aromatic nitrogens is 3. The van der Waals surface area contributed by atoms with E-state index in [1.54, 1.807) is 34.2 Å². The molecule has 2 amide bonds. The van der Waals surface area contributed by atoms with Crippen LogP contribution in [0.25, 0.3) is 16.9 Å². The van der Waals surface area contributed by atoms with Gasteiger partial charge in [-0.15, -0.1) is 0 Å². The van der Waals surface area contributed by atoms with Gasteiger partial charge in [0.2, 0.25) is 0 Å². The summed E-state index contributed by atoms with van der Waals surface area (Å²) in [5.74, 6) is -1.25. The second kappa shape index (κ2) is 9.68. The maximum absolute atomic E-state index is 14.2. The Bertz CT molecular complexity index is 1370. The molecular weight excluding hydrogens is 469 g/mol. The van der Waals surface area contributed by atoms with Crippen LogP contribution in [0, 0.1) is 5.82 Å². The Hall–Kier alpha value is -4.04. The quantitative estimate of drug-likeness (QED) is 0.428. The van der Waals surface area contributed by atoms with Crippen molar-refractivity contribution < 1.29 is 14.0 Å². The predicted molar refractivity (Wildman–Crippen MR) is 130 cm³/mol. The highest BCUT2D eigenvalue weighted by molar-refractivity contribution is 6.31. The van der Waals surface area contributed by atoms with Crippen molar-refractivity contribution in [2.75, 3.05) is 26.2 Å². The molecule has 35 heavy (non-hydrogen) atoms. The van der Waals surface area contributed by atoms with Gasteiger partial charge in [0.05, 0.1) is 16.8 Å². The number of hydrogen-bond donors (Lipinski definition) is 0. The lowest BCUT2D eigenvalue weighted by atomic mass is 10.1. The van der Waals surface area contributed by atoms with Crippen molar-refractivity contribution in [2.24, 2.45) is 0 Å². The Labute approximate surface area is 206 Å². The molecule has 0 spiro atoms. The third kappa shape index (κ3) is 4.65. The lowest BCUT2D eigenvalue weighted by molar-refractivity contribution is 0.0533. The predicted octanol–water partition coefficient (Wildman–Crippen LogP) is 4.33. The van der Waals surface area contributed by atoms with Gasteiger partial charge in [-0.25, -0.2) is 9.07 Å². The number of benzene rings is 2. The molecule has 9 heteroatoms. The Morgan fingerprint density at radius 1 is 0.857 bits per heavy atom. The maximum atomic E-state index is 14.2. The summed E-state index contributed by atoms with van der Waals surface area (Å²) in [6.07, 6.45) is 5.06. The average molecular weight is 490 g/mol. The molecule has 176 valence electrons. The Morgan fingerprint density at radius 2 is 1.54 bits per heavy atom. The molecule has 1 fully saturated rings. The number of carbonyl (C=O) groups is 2. The molecule has 5 rings (SSSR count). The molecule has 1 saturated heterocycles. The molecule has 7 nitrogen and oxygen atoms in total. The first-order valence-corrected chi connectivity index (χ1v) is 11.5. The molecule has 0 bridgehead atoms. The zero-order valence-corrected chi connectivity index (χ0v) is 19.4. The van der Waals surface area contributed by atoms with Crippen LogP contribution in [-0.4, -0.2) is 62.6 Å². The fourth-order valence-electron chi connectivity index (χ4n) is 4.07. The van der Waals surface area contributed by atoms with Crippen LogP contribution in [0.3, 0.4) is 0 Å². The first kappa shape index (κ1) is 22.7. The second-order valence-corrected chi connectivity index (χ2v) is 8.56. The molecule has 0 N–H and O–H groups in total. The number of piperazine rings is 1. The van der Waals surface area contributed by atoms with Crippen molar-refractivity contribution in [2.45, 2.75) is 0 Å². The van der Waals surface area contributed by atoms with Gasteiger partial charge in [-0.2, -0.15) is 5.10 Å².